The Morgan fingerprint density at radius 2 is 1.31 bits per heavy atom. The second-order valence-electron chi connectivity index (χ2n) is 11.1. The average molecular weight is 638 g/mol. The zero-order valence-corrected chi connectivity index (χ0v) is 25.7. The molecule has 7 atom stereocenters. The summed E-state index contributed by atoms with van der Waals surface area (Å²) in [5.41, 5.74) is 9.53. The van der Waals surface area contributed by atoms with Crippen LogP contribution in [0, 0.1) is 0 Å². The fourth-order valence-corrected chi connectivity index (χ4v) is 3.86. The molecule has 0 radical (unpaired) electrons. The van der Waals surface area contributed by atoms with Crippen molar-refractivity contribution in [1.82, 2.24) is 26.6 Å². The zero-order valence-electron chi connectivity index (χ0n) is 25.7. The molecule has 17 heteroatoms. The van der Waals surface area contributed by atoms with Gasteiger partial charge in [0.1, 0.15) is 23.7 Å². The van der Waals surface area contributed by atoms with Crippen LogP contribution in [0.15, 0.2) is 30.3 Å². The first kappa shape index (κ1) is 38.4. The Hall–Kier alpha value is -4.61. The van der Waals surface area contributed by atoms with E-state index in [9.17, 15) is 48.9 Å². The zero-order chi connectivity index (χ0) is 34.6. The summed E-state index contributed by atoms with van der Waals surface area (Å²) in [6, 6.07) is 1.31. The number of carbonyl (C=O) groups excluding carboxylic acids is 6. The number of carboxylic acid groups (broad SMARTS) is 1. The number of amides is 6. The van der Waals surface area contributed by atoms with E-state index in [0.29, 0.717) is 5.56 Å². The fraction of sp³-hybridized carbons (Fsp3) is 0.536. The highest BCUT2D eigenvalue weighted by Gasteiger charge is 2.37. The first-order chi connectivity index (χ1) is 20.8. The number of benzene rings is 1. The van der Waals surface area contributed by atoms with Crippen LogP contribution in [-0.4, -0.2) is 105 Å². The van der Waals surface area contributed by atoms with Crippen molar-refractivity contribution in [1.29, 1.82) is 0 Å². The predicted octanol–water partition coefficient (Wildman–Crippen LogP) is -3.87. The SMILES string of the molecule is C[C@H](NC(=O)C(C)(C)NC(=O)[C@@H](NC(=O)[C@@H](N)CC(N)=O)[C@@H](C)O)C(=O)N[C@@H](Cc1ccccc1)C(=O)N[C@H](C(=O)O)[C@@H](C)O. The molecule has 45 heavy (non-hydrogen) atoms. The molecule has 0 saturated heterocycles. The highest BCUT2D eigenvalue weighted by Crippen LogP contribution is 2.08. The van der Waals surface area contributed by atoms with Crippen LogP contribution in [0.5, 0.6) is 0 Å². The normalized spacial score (nSPS) is 15.9. The Balaban J connectivity index is 3.00. The molecule has 1 aromatic carbocycles. The Labute approximate surface area is 259 Å². The van der Waals surface area contributed by atoms with E-state index in [1.807, 2.05) is 0 Å². The molecule has 0 heterocycles. The predicted molar refractivity (Wildman–Crippen MR) is 159 cm³/mol. The molecule has 6 amide bonds. The highest BCUT2D eigenvalue weighted by molar-refractivity contribution is 5.98. The largest absolute Gasteiger partial charge is 0.480 e. The number of aliphatic hydroxyl groups is 2. The lowest BCUT2D eigenvalue weighted by Gasteiger charge is -2.30. The van der Waals surface area contributed by atoms with E-state index in [1.54, 1.807) is 30.3 Å². The molecule has 1 aromatic rings. The number of hydrogen-bond acceptors (Lipinski definition) is 10. The van der Waals surface area contributed by atoms with Crippen LogP contribution in [0.25, 0.3) is 0 Å². The van der Waals surface area contributed by atoms with Gasteiger partial charge in [-0.3, -0.25) is 28.8 Å². The number of hydrogen-bond donors (Lipinski definition) is 10. The van der Waals surface area contributed by atoms with Crippen molar-refractivity contribution >= 4 is 41.4 Å². The smallest absolute Gasteiger partial charge is 0.328 e. The van der Waals surface area contributed by atoms with E-state index < -0.39 is 95.8 Å². The molecule has 0 spiro atoms. The molecule has 0 aliphatic rings. The third kappa shape index (κ3) is 12.5. The van der Waals surface area contributed by atoms with Gasteiger partial charge >= 0.3 is 5.97 Å². The van der Waals surface area contributed by atoms with Crippen molar-refractivity contribution < 1.29 is 48.9 Å². The summed E-state index contributed by atoms with van der Waals surface area (Å²) in [6.07, 6.45) is -3.45. The van der Waals surface area contributed by atoms with Gasteiger partial charge in [0.05, 0.1) is 24.7 Å². The van der Waals surface area contributed by atoms with Crippen LogP contribution in [0.1, 0.15) is 46.6 Å². The van der Waals surface area contributed by atoms with Crippen molar-refractivity contribution in [3.05, 3.63) is 35.9 Å². The number of carbonyl (C=O) groups is 7. The molecule has 1 rings (SSSR count). The van der Waals surface area contributed by atoms with E-state index in [1.165, 1.54) is 34.6 Å². The van der Waals surface area contributed by atoms with E-state index in [0.717, 1.165) is 0 Å². The van der Waals surface area contributed by atoms with E-state index in [-0.39, 0.29) is 6.42 Å². The summed E-state index contributed by atoms with van der Waals surface area (Å²) < 4.78 is 0. The molecule has 12 N–H and O–H groups in total. The standard InChI is InChI=1S/C28H43N7O10/c1-13(22(39)32-18(11-16-9-7-6-8-10-16)24(41)34-21(15(3)37)26(43)44)31-27(45)28(4,5)35-25(42)20(14(2)36)33-23(40)17(29)12-19(30)38/h6-10,13-15,17-18,20-21,36-37H,11-12,29H2,1-5H3,(H2,30,38)(H,31,45)(H,32,39)(H,33,40)(H,34,41)(H,35,42)(H,43,44)/t13-,14+,15+,17-,18-,20-,21-/m0/s1. The molecule has 0 bridgehead atoms. The number of nitrogens with two attached hydrogens (primary N) is 2. The lowest BCUT2D eigenvalue weighted by Crippen LogP contribution is -2.64. The van der Waals surface area contributed by atoms with Gasteiger partial charge < -0.3 is 53.4 Å². The van der Waals surface area contributed by atoms with Crippen LogP contribution in [0.3, 0.4) is 0 Å². The van der Waals surface area contributed by atoms with Gasteiger partial charge in [0, 0.05) is 6.42 Å². The van der Waals surface area contributed by atoms with Gasteiger partial charge in [-0.15, -0.1) is 0 Å². The van der Waals surface area contributed by atoms with Crippen LogP contribution in [-0.2, 0) is 40.0 Å². The lowest BCUT2D eigenvalue weighted by molar-refractivity contribution is -0.145. The van der Waals surface area contributed by atoms with E-state index in [4.69, 9.17) is 11.5 Å². The molecule has 0 aliphatic carbocycles. The fourth-order valence-electron chi connectivity index (χ4n) is 3.86. The Kier molecular flexibility index (Phi) is 14.5. The number of aliphatic hydroxyl groups excluding tert-OH is 2. The van der Waals surface area contributed by atoms with Crippen molar-refractivity contribution in [2.24, 2.45) is 11.5 Å². The number of rotatable bonds is 17. The van der Waals surface area contributed by atoms with Crippen LogP contribution in [0.2, 0.25) is 0 Å². The summed E-state index contributed by atoms with van der Waals surface area (Å²) >= 11 is 0. The van der Waals surface area contributed by atoms with Crippen molar-refractivity contribution in [3.63, 3.8) is 0 Å². The Morgan fingerprint density at radius 1 is 0.778 bits per heavy atom. The summed E-state index contributed by atoms with van der Waals surface area (Å²) in [5.74, 6) is -6.85. The van der Waals surface area contributed by atoms with Crippen LogP contribution in [0.4, 0.5) is 0 Å². The van der Waals surface area contributed by atoms with E-state index in [2.05, 4.69) is 26.6 Å². The molecule has 17 nitrogen and oxygen atoms in total. The Bertz CT molecular complexity index is 1240. The van der Waals surface area contributed by atoms with Gasteiger partial charge in [-0.1, -0.05) is 30.3 Å². The minimum Gasteiger partial charge on any atom is -0.480 e. The third-order valence-corrected chi connectivity index (χ3v) is 6.53. The quantitative estimate of drug-likeness (QED) is 0.0788. The summed E-state index contributed by atoms with van der Waals surface area (Å²) in [6.45, 7) is 6.26. The topological polar surface area (TPSA) is 292 Å². The average Bonchev–Trinajstić information content (AvgIpc) is 2.92. The second kappa shape index (κ2) is 17.0. The van der Waals surface area contributed by atoms with Gasteiger partial charge in [0.15, 0.2) is 6.04 Å². The molecule has 0 saturated carbocycles. The van der Waals surface area contributed by atoms with Crippen molar-refractivity contribution in [2.45, 2.75) is 95.4 Å². The summed E-state index contributed by atoms with van der Waals surface area (Å²) in [7, 11) is 0. The van der Waals surface area contributed by atoms with Gasteiger partial charge in [-0.05, 0) is 40.2 Å². The van der Waals surface area contributed by atoms with Crippen molar-refractivity contribution in [3.8, 4) is 0 Å². The summed E-state index contributed by atoms with van der Waals surface area (Å²) in [5, 5.41) is 40.8. The molecular formula is C28H43N7O10. The lowest BCUT2D eigenvalue weighted by atomic mass is 10.0. The number of carboxylic acids is 1. The van der Waals surface area contributed by atoms with Gasteiger partial charge in [0.25, 0.3) is 0 Å². The Morgan fingerprint density at radius 3 is 1.80 bits per heavy atom. The van der Waals surface area contributed by atoms with Gasteiger partial charge in [-0.2, -0.15) is 0 Å². The number of nitrogens with one attached hydrogen (secondary N) is 5. The maximum absolute atomic E-state index is 13.1. The van der Waals surface area contributed by atoms with Crippen molar-refractivity contribution in [2.75, 3.05) is 0 Å². The van der Waals surface area contributed by atoms with Gasteiger partial charge in [0.2, 0.25) is 35.4 Å². The summed E-state index contributed by atoms with van der Waals surface area (Å²) in [4.78, 5) is 86.8. The number of aliphatic carboxylic acids is 1. The van der Waals surface area contributed by atoms with Gasteiger partial charge in [-0.25, -0.2) is 4.79 Å². The third-order valence-electron chi connectivity index (χ3n) is 6.53. The molecule has 250 valence electrons. The highest BCUT2D eigenvalue weighted by atomic mass is 16.4. The molecule has 0 aromatic heterocycles. The minimum atomic E-state index is -1.70. The molecular weight excluding hydrogens is 594 g/mol. The maximum atomic E-state index is 13.1. The van der Waals surface area contributed by atoms with Crippen LogP contribution >= 0.6 is 0 Å². The monoisotopic (exact) mass is 637 g/mol. The molecule has 0 aliphatic heterocycles. The first-order valence-corrected chi connectivity index (χ1v) is 14.0. The number of primary amides is 1. The minimum absolute atomic E-state index is 0.0532. The first-order valence-electron chi connectivity index (χ1n) is 14.0. The molecule has 0 unspecified atom stereocenters. The maximum Gasteiger partial charge on any atom is 0.328 e. The second-order valence-corrected chi connectivity index (χ2v) is 11.1. The van der Waals surface area contributed by atoms with E-state index >= 15 is 0 Å². The molecule has 0 fully saturated rings. The van der Waals surface area contributed by atoms with Crippen LogP contribution < -0.4 is 38.1 Å².